The zero-order chi connectivity index (χ0) is 15.0. The summed E-state index contributed by atoms with van der Waals surface area (Å²) in [5.74, 6) is -0.0987. The highest BCUT2D eigenvalue weighted by Gasteiger charge is 2.44. The van der Waals surface area contributed by atoms with Gasteiger partial charge >= 0.3 is 0 Å². The van der Waals surface area contributed by atoms with Gasteiger partial charge in [-0.05, 0) is 25.3 Å². The van der Waals surface area contributed by atoms with Crippen molar-refractivity contribution in [3.8, 4) is 0 Å². The van der Waals surface area contributed by atoms with E-state index >= 15 is 0 Å². The van der Waals surface area contributed by atoms with Gasteiger partial charge in [0.05, 0.1) is 5.75 Å². The molecule has 0 saturated carbocycles. The molecular formula is C15H20N2O3S. The molecule has 2 fully saturated rings. The first kappa shape index (κ1) is 14.5. The zero-order valence-corrected chi connectivity index (χ0v) is 12.9. The molecule has 0 spiro atoms. The van der Waals surface area contributed by atoms with Gasteiger partial charge in [-0.15, -0.1) is 0 Å². The quantitative estimate of drug-likeness (QED) is 0.843. The molecule has 5 nitrogen and oxygen atoms in total. The zero-order valence-electron chi connectivity index (χ0n) is 12.1. The molecule has 0 unspecified atom stereocenters. The maximum atomic E-state index is 12.7. The van der Waals surface area contributed by atoms with Gasteiger partial charge in [0, 0.05) is 19.1 Å². The maximum Gasteiger partial charge on any atom is 0.241 e. The van der Waals surface area contributed by atoms with Gasteiger partial charge in [-0.3, -0.25) is 4.79 Å². The maximum absolute atomic E-state index is 12.7. The van der Waals surface area contributed by atoms with Gasteiger partial charge in [0.2, 0.25) is 15.9 Å². The van der Waals surface area contributed by atoms with E-state index in [0.29, 0.717) is 6.54 Å². The van der Waals surface area contributed by atoms with Gasteiger partial charge in [-0.25, -0.2) is 8.42 Å². The van der Waals surface area contributed by atoms with Crippen LogP contribution in [0.1, 0.15) is 25.3 Å². The number of nitrogens with zero attached hydrogens (tertiary/aromatic N) is 2. The Hall–Kier alpha value is -1.40. The second-order valence-corrected chi connectivity index (χ2v) is 7.74. The standard InChI is InChI=1S/C15H20N2O3S/c1-12-15(18)16-9-5-8-14(16)10-17(12)21(19,20)11-13-6-3-2-4-7-13/h2-4,6-7,12,14H,5,8-11H2,1H3/t12-,14+/m1/s1. The number of rotatable bonds is 3. The fourth-order valence-corrected chi connectivity index (χ4v) is 5.02. The summed E-state index contributed by atoms with van der Waals surface area (Å²) in [4.78, 5) is 14.2. The summed E-state index contributed by atoms with van der Waals surface area (Å²) in [5.41, 5.74) is 0.756. The lowest BCUT2D eigenvalue weighted by atomic mass is 10.1. The molecule has 2 atom stereocenters. The summed E-state index contributed by atoms with van der Waals surface area (Å²) in [5, 5.41) is 0. The van der Waals surface area contributed by atoms with Crippen molar-refractivity contribution in [1.29, 1.82) is 0 Å². The molecule has 0 radical (unpaired) electrons. The van der Waals surface area contributed by atoms with Gasteiger partial charge in [0.15, 0.2) is 0 Å². The van der Waals surface area contributed by atoms with E-state index in [4.69, 9.17) is 0 Å². The van der Waals surface area contributed by atoms with Crippen LogP contribution in [0.2, 0.25) is 0 Å². The van der Waals surface area contributed by atoms with E-state index in [1.165, 1.54) is 4.31 Å². The monoisotopic (exact) mass is 308 g/mol. The highest BCUT2D eigenvalue weighted by atomic mass is 32.2. The predicted molar refractivity (Wildman–Crippen MR) is 80.0 cm³/mol. The normalized spacial score (nSPS) is 26.9. The third kappa shape index (κ3) is 2.70. The molecule has 1 aromatic carbocycles. The summed E-state index contributed by atoms with van der Waals surface area (Å²) >= 11 is 0. The Morgan fingerprint density at radius 3 is 2.67 bits per heavy atom. The molecule has 0 N–H and O–H groups in total. The van der Waals surface area contributed by atoms with Gasteiger partial charge in [-0.1, -0.05) is 30.3 Å². The van der Waals surface area contributed by atoms with E-state index in [1.807, 2.05) is 23.1 Å². The molecule has 2 aliphatic rings. The molecule has 2 aliphatic heterocycles. The van der Waals surface area contributed by atoms with Crippen molar-refractivity contribution in [2.45, 2.75) is 37.6 Å². The Balaban J connectivity index is 1.83. The summed E-state index contributed by atoms with van der Waals surface area (Å²) in [6, 6.07) is 8.58. The van der Waals surface area contributed by atoms with Crippen LogP contribution in [0, 0.1) is 0 Å². The average Bonchev–Trinajstić information content (AvgIpc) is 2.92. The largest absolute Gasteiger partial charge is 0.337 e. The Kier molecular flexibility index (Phi) is 3.75. The second kappa shape index (κ2) is 5.42. The van der Waals surface area contributed by atoms with Crippen molar-refractivity contribution in [3.05, 3.63) is 35.9 Å². The number of carbonyl (C=O) groups is 1. The van der Waals surface area contributed by atoms with Crippen LogP contribution in [0.5, 0.6) is 0 Å². The van der Waals surface area contributed by atoms with Crippen molar-refractivity contribution in [1.82, 2.24) is 9.21 Å². The summed E-state index contributed by atoms with van der Waals surface area (Å²) in [6.45, 7) is 2.89. The first-order valence-corrected chi connectivity index (χ1v) is 8.94. The Morgan fingerprint density at radius 1 is 1.24 bits per heavy atom. The fourth-order valence-electron chi connectivity index (χ4n) is 3.27. The third-order valence-electron chi connectivity index (χ3n) is 4.39. The number of amides is 1. The van der Waals surface area contributed by atoms with Crippen LogP contribution < -0.4 is 0 Å². The highest BCUT2D eigenvalue weighted by molar-refractivity contribution is 7.88. The van der Waals surface area contributed by atoms with Crippen molar-refractivity contribution in [3.63, 3.8) is 0 Å². The van der Waals surface area contributed by atoms with Crippen molar-refractivity contribution in [2.75, 3.05) is 13.1 Å². The topological polar surface area (TPSA) is 57.7 Å². The van der Waals surface area contributed by atoms with E-state index in [2.05, 4.69) is 0 Å². The minimum absolute atomic E-state index is 0.0435. The summed E-state index contributed by atoms with van der Waals surface area (Å²) in [6.07, 6.45) is 1.87. The van der Waals surface area contributed by atoms with Crippen molar-refractivity contribution in [2.24, 2.45) is 0 Å². The molecule has 0 aliphatic carbocycles. The molecule has 1 amide bonds. The van der Waals surface area contributed by atoms with Crippen molar-refractivity contribution < 1.29 is 13.2 Å². The Bertz CT molecular complexity index is 630. The van der Waals surface area contributed by atoms with E-state index in [-0.39, 0.29) is 17.7 Å². The van der Waals surface area contributed by atoms with E-state index in [0.717, 1.165) is 24.9 Å². The summed E-state index contributed by atoms with van der Waals surface area (Å²) < 4.78 is 26.7. The molecule has 2 saturated heterocycles. The Morgan fingerprint density at radius 2 is 1.95 bits per heavy atom. The number of hydrogen-bond acceptors (Lipinski definition) is 3. The van der Waals surface area contributed by atoms with Gasteiger partial charge < -0.3 is 4.90 Å². The molecular weight excluding hydrogens is 288 g/mol. The lowest BCUT2D eigenvalue weighted by Gasteiger charge is -2.40. The number of benzene rings is 1. The number of hydrogen-bond donors (Lipinski definition) is 0. The van der Waals surface area contributed by atoms with Crippen LogP contribution >= 0.6 is 0 Å². The van der Waals surface area contributed by atoms with Gasteiger partial charge in [-0.2, -0.15) is 4.31 Å². The van der Waals surface area contributed by atoms with E-state index < -0.39 is 16.1 Å². The molecule has 3 rings (SSSR count). The number of piperazine rings is 1. The van der Waals surface area contributed by atoms with Crippen LogP contribution in [-0.2, 0) is 20.6 Å². The number of sulfonamides is 1. The molecule has 114 valence electrons. The SMILES string of the molecule is C[C@@H]1C(=O)N2CCC[C@H]2CN1S(=O)(=O)Cc1ccccc1. The molecule has 2 heterocycles. The highest BCUT2D eigenvalue weighted by Crippen LogP contribution is 2.28. The smallest absolute Gasteiger partial charge is 0.241 e. The average molecular weight is 308 g/mol. The second-order valence-electron chi connectivity index (χ2n) is 5.82. The van der Waals surface area contributed by atoms with Crippen LogP contribution in [0.4, 0.5) is 0 Å². The molecule has 1 aromatic rings. The minimum atomic E-state index is -3.47. The summed E-state index contributed by atoms with van der Waals surface area (Å²) in [7, 11) is -3.47. The first-order chi connectivity index (χ1) is 9.99. The first-order valence-electron chi connectivity index (χ1n) is 7.33. The lowest BCUT2D eigenvalue weighted by molar-refractivity contribution is -0.139. The number of carbonyl (C=O) groups excluding carboxylic acids is 1. The van der Waals surface area contributed by atoms with Gasteiger partial charge in [0.25, 0.3) is 0 Å². The third-order valence-corrected chi connectivity index (χ3v) is 6.27. The minimum Gasteiger partial charge on any atom is -0.337 e. The lowest BCUT2D eigenvalue weighted by Crippen LogP contribution is -2.60. The number of fused-ring (bicyclic) bond motifs is 1. The molecule has 0 bridgehead atoms. The predicted octanol–water partition coefficient (Wildman–Crippen LogP) is 1.21. The van der Waals surface area contributed by atoms with E-state index in [1.54, 1.807) is 19.1 Å². The van der Waals surface area contributed by atoms with Crippen LogP contribution in [0.15, 0.2) is 30.3 Å². The van der Waals surface area contributed by atoms with Gasteiger partial charge in [0.1, 0.15) is 6.04 Å². The molecule has 6 heteroatoms. The fraction of sp³-hybridized carbons (Fsp3) is 0.533. The van der Waals surface area contributed by atoms with E-state index in [9.17, 15) is 13.2 Å². The molecule has 21 heavy (non-hydrogen) atoms. The van der Waals surface area contributed by atoms with Crippen molar-refractivity contribution >= 4 is 15.9 Å². The van der Waals surface area contributed by atoms with Crippen LogP contribution in [0.25, 0.3) is 0 Å². The molecule has 0 aromatic heterocycles. The van der Waals surface area contributed by atoms with Crippen LogP contribution in [-0.4, -0.2) is 48.7 Å². The Labute approximate surface area is 125 Å². The van der Waals surface area contributed by atoms with Crippen LogP contribution in [0.3, 0.4) is 0 Å².